The molecule has 2 rings (SSSR count). The Kier molecular flexibility index (Phi) is 1.83. The van der Waals surface area contributed by atoms with Crippen LogP contribution in [0.4, 0.5) is 0 Å². The van der Waals surface area contributed by atoms with Crippen LogP contribution in [0.5, 0.6) is 0 Å². The predicted octanol–water partition coefficient (Wildman–Crippen LogP) is 3.21. The summed E-state index contributed by atoms with van der Waals surface area (Å²) in [5, 5.41) is -0.0888. The molecule has 2 aliphatic rings. The van der Waals surface area contributed by atoms with Crippen LogP contribution in [0.1, 0.15) is 40.0 Å². The van der Waals surface area contributed by atoms with Gasteiger partial charge in [-0.3, -0.25) is 4.79 Å². The predicted molar refractivity (Wildman–Crippen MR) is 53.6 cm³/mol. The van der Waals surface area contributed by atoms with Gasteiger partial charge in [-0.25, -0.2) is 0 Å². The van der Waals surface area contributed by atoms with E-state index >= 15 is 0 Å². The van der Waals surface area contributed by atoms with Gasteiger partial charge in [0.15, 0.2) is 0 Å². The van der Waals surface area contributed by atoms with Gasteiger partial charge >= 0.3 is 0 Å². The molecule has 0 saturated heterocycles. The Morgan fingerprint density at radius 3 is 2.46 bits per heavy atom. The first-order chi connectivity index (χ1) is 5.93. The molecule has 0 N–H and O–H groups in total. The van der Waals surface area contributed by atoms with Crippen molar-refractivity contribution in [1.29, 1.82) is 0 Å². The highest BCUT2D eigenvalue weighted by Crippen LogP contribution is 2.76. The molecule has 1 nitrogen and oxygen atoms in total. The molecule has 3 atom stereocenters. The summed E-state index contributed by atoms with van der Waals surface area (Å²) in [6.45, 7) is 6.61. The van der Waals surface area contributed by atoms with Gasteiger partial charge in [0.1, 0.15) is 0 Å². The number of hydrogen-bond acceptors (Lipinski definition) is 1. The second-order valence-electron chi connectivity index (χ2n) is 5.41. The minimum absolute atomic E-state index is 0.0888. The molecule has 0 aromatic heterocycles. The van der Waals surface area contributed by atoms with Gasteiger partial charge in [-0.1, -0.05) is 27.2 Å². The van der Waals surface area contributed by atoms with Gasteiger partial charge in [0.25, 0.3) is 0 Å². The monoisotopic (exact) mass is 200 g/mol. The Labute approximate surface area is 84.8 Å². The van der Waals surface area contributed by atoms with Crippen molar-refractivity contribution in [3.63, 3.8) is 0 Å². The highest BCUT2D eigenvalue weighted by atomic mass is 35.5. The summed E-state index contributed by atoms with van der Waals surface area (Å²) in [6.07, 6.45) is 3.46. The van der Waals surface area contributed by atoms with E-state index in [1.54, 1.807) is 0 Å². The van der Waals surface area contributed by atoms with E-state index in [0.29, 0.717) is 11.8 Å². The standard InChI is InChI=1S/C11H17ClO/c1-7-4-5-8-10(2,3)11(8,6-7)9(12)13/h7-8H,4-6H2,1-3H3. The van der Waals surface area contributed by atoms with Crippen molar-refractivity contribution < 1.29 is 4.79 Å². The molecule has 2 saturated carbocycles. The number of carbonyl (C=O) groups is 1. The van der Waals surface area contributed by atoms with Gasteiger partial charge in [0.05, 0.1) is 5.41 Å². The quantitative estimate of drug-likeness (QED) is 0.594. The van der Waals surface area contributed by atoms with Crippen molar-refractivity contribution in [3.05, 3.63) is 0 Å². The van der Waals surface area contributed by atoms with E-state index in [2.05, 4.69) is 20.8 Å². The summed E-state index contributed by atoms with van der Waals surface area (Å²) < 4.78 is 0. The molecule has 3 unspecified atom stereocenters. The fourth-order valence-corrected chi connectivity index (χ4v) is 4.00. The van der Waals surface area contributed by atoms with Crippen LogP contribution in [-0.4, -0.2) is 5.24 Å². The first kappa shape index (κ1) is 9.51. The Balaban J connectivity index is 2.30. The van der Waals surface area contributed by atoms with Crippen molar-refractivity contribution in [1.82, 2.24) is 0 Å². The molecule has 13 heavy (non-hydrogen) atoms. The topological polar surface area (TPSA) is 17.1 Å². The second kappa shape index (κ2) is 2.50. The zero-order valence-electron chi connectivity index (χ0n) is 8.56. The van der Waals surface area contributed by atoms with E-state index in [4.69, 9.17) is 11.6 Å². The molecule has 0 aromatic rings. The van der Waals surface area contributed by atoms with E-state index in [1.165, 1.54) is 12.8 Å². The smallest absolute Gasteiger partial charge is 0.228 e. The molecular weight excluding hydrogens is 184 g/mol. The summed E-state index contributed by atoms with van der Waals surface area (Å²) in [5.41, 5.74) is 0.00279. The van der Waals surface area contributed by atoms with Crippen LogP contribution in [0.2, 0.25) is 0 Å². The largest absolute Gasteiger partial charge is 0.281 e. The van der Waals surface area contributed by atoms with Crippen molar-refractivity contribution in [2.45, 2.75) is 40.0 Å². The summed E-state index contributed by atoms with van der Waals surface area (Å²) in [5.74, 6) is 1.22. The molecule has 74 valence electrons. The maximum atomic E-state index is 11.5. The van der Waals surface area contributed by atoms with Crippen LogP contribution in [0, 0.1) is 22.7 Å². The average molecular weight is 201 g/mol. The van der Waals surface area contributed by atoms with E-state index in [0.717, 1.165) is 6.42 Å². The van der Waals surface area contributed by atoms with E-state index < -0.39 is 0 Å². The lowest BCUT2D eigenvalue weighted by Crippen LogP contribution is -2.23. The molecule has 2 fully saturated rings. The minimum atomic E-state index is -0.160. The molecule has 0 aromatic carbocycles. The maximum Gasteiger partial charge on any atom is 0.228 e. The van der Waals surface area contributed by atoms with Crippen LogP contribution < -0.4 is 0 Å². The number of hydrogen-bond donors (Lipinski definition) is 0. The Morgan fingerprint density at radius 2 is 2.00 bits per heavy atom. The first-order valence-corrected chi connectivity index (χ1v) is 5.50. The van der Waals surface area contributed by atoms with Gasteiger partial charge in [-0.05, 0) is 41.7 Å². The molecular formula is C11H17ClO. The molecule has 0 heterocycles. The van der Waals surface area contributed by atoms with Crippen LogP contribution in [0.15, 0.2) is 0 Å². The lowest BCUT2D eigenvalue weighted by molar-refractivity contribution is -0.118. The first-order valence-electron chi connectivity index (χ1n) is 5.13. The van der Waals surface area contributed by atoms with Gasteiger partial charge in [0, 0.05) is 0 Å². The third-order valence-corrected chi connectivity index (χ3v) is 4.84. The second-order valence-corrected chi connectivity index (χ2v) is 5.75. The molecule has 2 heteroatoms. The van der Waals surface area contributed by atoms with Crippen LogP contribution in [0.3, 0.4) is 0 Å². The average Bonchev–Trinajstić information content (AvgIpc) is 2.50. The zero-order valence-corrected chi connectivity index (χ0v) is 9.32. The van der Waals surface area contributed by atoms with Gasteiger partial charge in [-0.2, -0.15) is 0 Å². The van der Waals surface area contributed by atoms with Gasteiger partial charge in [-0.15, -0.1) is 0 Å². The number of rotatable bonds is 1. The van der Waals surface area contributed by atoms with Crippen molar-refractivity contribution in [2.24, 2.45) is 22.7 Å². The SMILES string of the molecule is CC1CCC2C(C)(C)C2(C(=O)Cl)C1. The lowest BCUT2D eigenvalue weighted by atomic mass is 9.81. The highest BCUT2D eigenvalue weighted by Gasteiger charge is 2.75. The molecule has 0 aliphatic heterocycles. The highest BCUT2D eigenvalue weighted by molar-refractivity contribution is 6.65. The molecule has 0 radical (unpaired) electrons. The maximum absolute atomic E-state index is 11.5. The van der Waals surface area contributed by atoms with E-state index in [-0.39, 0.29) is 16.1 Å². The number of halogens is 1. The van der Waals surface area contributed by atoms with Crippen molar-refractivity contribution in [3.8, 4) is 0 Å². The fraction of sp³-hybridized carbons (Fsp3) is 0.909. The Hall–Kier alpha value is -0.0400. The van der Waals surface area contributed by atoms with Crippen LogP contribution in [0.25, 0.3) is 0 Å². The van der Waals surface area contributed by atoms with Crippen LogP contribution >= 0.6 is 11.6 Å². The lowest BCUT2D eigenvalue weighted by Gasteiger charge is -2.24. The van der Waals surface area contributed by atoms with E-state index in [9.17, 15) is 4.79 Å². The van der Waals surface area contributed by atoms with Crippen LogP contribution in [-0.2, 0) is 4.79 Å². The third kappa shape index (κ3) is 0.971. The Morgan fingerprint density at radius 1 is 1.38 bits per heavy atom. The summed E-state index contributed by atoms with van der Waals surface area (Å²) >= 11 is 5.75. The Bertz CT molecular complexity index is 259. The van der Waals surface area contributed by atoms with E-state index in [1.807, 2.05) is 0 Å². The summed E-state index contributed by atoms with van der Waals surface area (Å²) in [6, 6.07) is 0. The fourth-order valence-electron chi connectivity index (χ4n) is 3.55. The zero-order chi connectivity index (χ0) is 9.85. The molecule has 0 amide bonds. The number of fused-ring (bicyclic) bond motifs is 1. The molecule has 0 spiro atoms. The third-order valence-electron chi connectivity index (χ3n) is 4.50. The summed E-state index contributed by atoms with van der Waals surface area (Å²) in [4.78, 5) is 11.5. The molecule has 2 aliphatic carbocycles. The van der Waals surface area contributed by atoms with Crippen molar-refractivity contribution >= 4 is 16.8 Å². The number of carbonyl (C=O) groups excluding carboxylic acids is 1. The molecule has 0 bridgehead atoms. The van der Waals surface area contributed by atoms with Gasteiger partial charge < -0.3 is 0 Å². The summed E-state index contributed by atoms with van der Waals surface area (Å²) in [7, 11) is 0. The minimum Gasteiger partial charge on any atom is -0.281 e. The van der Waals surface area contributed by atoms with Crippen molar-refractivity contribution in [2.75, 3.05) is 0 Å². The normalized spacial score (nSPS) is 46.8. The van der Waals surface area contributed by atoms with Gasteiger partial charge in [0.2, 0.25) is 5.24 Å².